The zero-order chi connectivity index (χ0) is 21.5. The minimum absolute atomic E-state index is 0. The first-order valence-electron chi connectivity index (χ1n) is 10.9. The lowest BCUT2D eigenvalue weighted by atomic mass is 10.1. The van der Waals surface area contributed by atoms with Crippen LogP contribution in [-0.2, 0) is 4.74 Å². The molecule has 2 atom stereocenters. The second-order valence-corrected chi connectivity index (χ2v) is 8.68. The van der Waals surface area contributed by atoms with Gasteiger partial charge in [0.25, 0.3) is 0 Å². The van der Waals surface area contributed by atoms with Gasteiger partial charge in [-0.15, -0.1) is 24.0 Å². The van der Waals surface area contributed by atoms with Gasteiger partial charge in [-0.2, -0.15) is 0 Å². The highest BCUT2D eigenvalue weighted by atomic mass is 127. The third-order valence-electron chi connectivity index (χ3n) is 5.68. The summed E-state index contributed by atoms with van der Waals surface area (Å²) in [7, 11) is 1.77. The average Bonchev–Trinajstić information content (AvgIpc) is 3.19. The van der Waals surface area contributed by atoms with Crippen molar-refractivity contribution < 1.29 is 13.5 Å². The third-order valence-corrected chi connectivity index (χ3v) is 5.68. The number of anilines is 1. The molecule has 1 aromatic rings. The highest BCUT2D eigenvalue weighted by Gasteiger charge is 2.24. The van der Waals surface area contributed by atoms with Crippen molar-refractivity contribution in [2.75, 3.05) is 64.4 Å². The minimum Gasteiger partial charge on any atom is -0.374 e. The number of hydrogen-bond acceptors (Lipinski definition) is 4. The highest BCUT2D eigenvalue weighted by molar-refractivity contribution is 14.0. The van der Waals surface area contributed by atoms with Crippen molar-refractivity contribution in [1.82, 2.24) is 15.5 Å². The normalized spacial score (nSPS) is 22.5. The lowest BCUT2D eigenvalue weighted by Gasteiger charge is -2.34. The van der Waals surface area contributed by atoms with Crippen molar-refractivity contribution in [2.24, 2.45) is 16.8 Å². The zero-order valence-electron chi connectivity index (χ0n) is 18.7. The molecule has 2 saturated heterocycles. The van der Waals surface area contributed by atoms with Crippen LogP contribution < -0.4 is 15.5 Å². The quantitative estimate of drug-likeness (QED) is 0.310. The fourth-order valence-electron chi connectivity index (χ4n) is 4.17. The van der Waals surface area contributed by atoms with E-state index in [1.54, 1.807) is 13.1 Å². The SMILES string of the molecule is CN=C(NCC1CCN(c2ccc(F)c(F)c2)C1)NCC1CN(CC(C)C)CCO1.I. The summed E-state index contributed by atoms with van der Waals surface area (Å²) in [5.41, 5.74) is 0.735. The van der Waals surface area contributed by atoms with Gasteiger partial charge in [0, 0.05) is 64.6 Å². The Labute approximate surface area is 201 Å². The Kier molecular flexibility index (Phi) is 10.7. The van der Waals surface area contributed by atoms with E-state index in [-0.39, 0.29) is 30.1 Å². The van der Waals surface area contributed by atoms with Gasteiger partial charge < -0.3 is 20.3 Å². The number of morpholine rings is 1. The number of nitrogens with one attached hydrogen (secondary N) is 2. The second kappa shape index (κ2) is 12.7. The van der Waals surface area contributed by atoms with E-state index in [4.69, 9.17) is 4.74 Å². The van der Waals surface area contributed by atoms with Gasteiger partial charge >= 0.3 is 0 Å². The summed E-state index contributed by atoms with van der Waals surface area (Å²) in [4.78, 5) is 8.88. The van der Waals surface area contributed by atoms with E-state index in [2.05, 4.69) is 39.3 Å². The van der Waals surface area contributed by atoms with Crippen LogP contribution in [0.25, 0.3) is 0 Å². The fraction of sp³-hybridized carbons (Fsp3) is 0.682. The number of rotatable bonds is 7. The van der Waals surface area contributed by atoms with Crippen LogP contribution in [0.2, 0.25) is 0 Å². The molecular weight excluding hydrogens is 515 g/mol. The van der Waals surface area contributed by atoms with E-state index in [1.807, 2.05) is 0 Å². The first-order valence-corrected chi connectivity index (χ1v) is 10.9. The number of aliphatic imine (C=N–C) groups is 1. The first-order chi connectivity index (χ1) is 14.4. The van der Waals surface area contributed by atoms with Crippen molar-refractivity contribution in [3.05, 3.63) is 29.8 Å². The van der Waals surface area contributed by atoms with Crippen molar-refractivity contribution in [3.8, 4) is 0 Å². The molecule has 6 nitrogen and oxygen atoms in total. The van der Waals surface area contributed by atoms with Gasteiger partial charge in [0.15, 0.2) is 17.6 Å². The predicted molar refractivity (Wildman–Crippen MR) is 132 cm³/mol. The maximum absolute atomic E-state index is 13.5. The summed E-state index contributed by atoms with van der Waals surface area (Å²) < 4.78 is 32.6. The summed E-state index contributed by atoms with van der Waals surface area (Å²) in [5.74, 6) is 0.245. The molecule has 0 aromatic heterocycles. The minimum atomic E-state index is -0.805. The van der Waals surface area contributed by atoms with E-state index >= 15 is 0 Å². The smallest absolute Gasteiger partial charge is 0.191 e. The molecule has 9 heteroatoms. The molecule has 31 heavy (non-hydrogen) atoms. The Morgan fingerprint density at radius 1 is 1.16 bits per heavy atom. The largest absolute Gasteiger partial charge is 0.374 e. The molecule has 1 aromatic carbocycles. The Morgan fingerprint density at radius 2 is 1.94 bits per heavy atom. The molecule has 2 N–H and O–H groups in total. The summed E-state index contributed by atoms with van der Waals surface area (Å²) in [5, 5.41) is 6.77. The fourth-order valence-corrected chi connectivity index (χ4v) is 4.17. The number of nitrogens with zero attached hydrogens (tertiary/aromatic N) is 3. The molecule has 2 fully saturated rings. The van der Waals surface area contributed by atoms with Crippen LogP contribution >= 0.6 is 24.0 Å². The van der Waals surface area contributed by atoms with Crippen LogP contribution in [0, 0.1) is 23.5 Å². The maximum Gasteiger partial charge on any atom is 0.191 e. The van der Waals surface area contributed by atoms with E-state index in [0.717, 1.165) is 70.5 Å². The molecule has 0 saturated carbocycles. The van der Waals surface area contributed by atoms with Crippen molar-refractivity contribution in [2.45, 2.75) is 26.4 Å². The summed E-state index contributed by atoms with van der Waals surface area (Å²) in [6, 6.07) is 4.11. The first kappa shape index (κ1) is 26.1. The zero-order valence-corrected chi connectivity index (χ0v) is 21.1. The van der Waals surface area contributed by atoms with E-state index in [0.29, 0.717) is 11.8 Å². The highest BCUT2D eigenvalue weighted by Crippen LogP contribution is 2.25. The molecule has 2 heterocycles. The monoisotopic (exact) mass is 551 g/mol. The molecule has 176 valence electrons. The van der Waals surface area contributed by atoms with Crippen LogP contribution in [-0.4, -0.2) is 76.4 Å². The Morgan fingerprint density at radius 3 is 2.65 bits per heavy atom. The van der Waals surface area contributed by atoms with Crippen LogP contribution in [0.15, 0.2) is 23.2 Å². The van der Waals surface area contributed by atoms with Crippen LogP contribution in [0.1, 0.15) is 20.3 Å². The summed E-state index contributed by atoms with van der Waals surface area (Å²) in [6.45, 7) is 11.4. The molecule has 2 aliphatic rings. The summed E-state index contributed by atoms with van der Waals surface area (Å²) >= 11 is 0. The van der Waals surface area contributed by atoms with Crippen molar-refractivity contribution >= 4 is 35.6 Å². The average molecular weight is 551 g/mol. The number of hydrogen-bond donors (Lipinski definition) is 2. The van der Waals surface area contributed by atoms with Gasteiger partial charge in [0.1, 0.15) is 0 Å². The molecular formula is C22H36F2IN5O. The molecule has 0 spiro atoms. The Bertz CT molecular complexity index is 721. The van der Waals surface area contributed by atoms with Crippen LogP contribution in [0.3, 0.4) is 0 Å². The van der Waals surface area contributed by atoms with Gasteiger partial charge in [-0.05, 0) is 30.4 Å². The Balaban J connectivity index is 0.00000341. The number of guanidine groups is 1. The van der Waals surface area contributed by atoms with Gasteiger partial charge in [-0.3, -0.25) is 9.89 Å². The molecule has 0 amide bonds. The molecule has 3 rings (SSSR count). The van der Waals surface area contributed by atoms with Gasteiger partial charge in [0.2, 0.25) is 0 Å². The Hall–Kier alpha value is -1.20. The van der Waals surface area contributed by atoms with E-state index in [1.165, 1.54) is 12.1 Å². The second-order valence-electron chi connectivity index (χ2n) is 8.68. The lowest BCUT2D eigenvalue weighted by Crippen LogP contribution is -2.50. The van der Waals surface area contributed by atoms with Gasteiger partial charge in [-0.1, -0.05) is 13.8 Å². The predicted octanol–water partition coefficient (Wildman–Crippen LogP) is 2.93. The van der Waals surface area contributed by atoms with Crippen LogP contribution in [0.4, 0.5) is 14.5 Å². The molecule has 0 bridgehead atoms. The molecule has 2 aliphatic heterocycles. The lowest BCUT2D eigenvalue weighted by molar-refractivity contribution is -0.0284. The standard InChI is InChI=1S/C22H35F2N5O.HI/c1-16(2)13-28-8-9-30-19(15-28)12-27-22(25-3)26-11-17-6-7-29(14-17)18-4-5-20(23)21(24)10-18;/h4-5,10,16-17,19H,6-9,11-15H2,1-3H3,(H2,25,26,27);1H. The van der Waals surface area contributed by atoms with Crippen molar-refractivity contribution in [3.63, 3.8) is 0 Å². The number of benzene rings is 1. The molecule has 0 aliphatic carbocycles. The summed E-state index contributed by atoms with van der Waals surface area (Å²) in [6.07, 6.45) is 1.16. The van der Waals surface area contributed by atoms with Gasteiger partial charge in [-0.25, -0.2) is 8.78 Å². The third kappa shape index (κ3) is 8.02. The topological polar surface area (TPSA) is 52.1 Å². The van der Waals surface area contributed by atoms with E-state index in [9.17, 15) is 8.78 Å². The van der Waals surface area contributed by atoms with Gasteiger partial charge in [0.05, 0.1) is 12.7 Å². The molecule has 0 radical (unpaired) electrons. The van der Waals surface area contributed by atoms with E-state index < -0.39 is 11.6 Å². The van der Waals surface area contributed by atoms with Crippen LogP contribution in [0.5, 0.6) is 0 Å². The maximum atomic E-state index is 13.5. The number of ether oxygens (including phenoxy) is 1. The number of halogens is 3. The molecule has 2 unspecified atom stereocenters. The van der Waals surface area contributed by atoms with Crippen molar-refractivity contribution in [1.29, 1.82) is 0 Å².